The van der Waals surface area contributed by atoms with Crippen LogP contribution in [0.15, 0.2) is 54.6 Å². The van der Waals surface area contributed by atoms with Gasteiger partial charge in [-0.2, -0.15) is 5.26 Å². The van der Waals surface area contributed by atoms with Crippen molar-refractivity contribution in [2.45, 2.75) is 25.4 Å². The molecule has 0 saturated heterocycles. The van der Waals surface area contributed by atoms with Crippen molar-refractivity contribution in [2.24, 2.45) is 5.73 Å². The third-order valence-electron chi connectivity index (χ3n) is 3.84. The van der Waals surface area contributed by atoms with Gasteiger partial charge >= 0.3 is 0 Å². The Morgan fingerprint density at radius 2 is 1.75 bits per heavy atom. The first-order valence-electron chi connectivity index (χ1n) is 7.81. The predicted octanol–water partition coefficient (Wildman–Crippen LogP) is 2.50. The van der Waals surface area contributed by atoms with E-state index in [1.54, 1.807) is 4.68 Å². The second-order valence-electron chi connectivity index (χ2n) is 5.54. The summed E-state index contributed by atoms with van der Waals surface area (Å²) in [7, 11) is 0. The van der Waals surface area contributed by atoms with Crippen LogP contribution in [0.1, 0.15) is 23.9 Å². The molecule has 0 radical (unpaired) electrons. The lowest BCUT2D eigenvalue weighted by atomic mass is 10.0. The van der Waals surface area contributed by atoms with Gasteiger partial charge in [0.2, 0.25) is 0 Å². The molecule has 0 amide bonds. The lowest BCUT2D eigenvalue weighted by molar-refractivity contribution is 0.535. The Morgan fingerprint density at radius 3 is 2.46 bits per heavy atom. The van der Waals surface area contributed by atoms with Gasteiger partial charge in [0.15, 0.2) is 5.82 Å². The van der Waals surface area contributed by atoms with Crippen molar-refractivity contribution < 1.29 is 0 Å². The molecule has 0 bridgehead atoms. The van der Waals surface area contributed by atoms with Crippen LogP contribution in [0.5, 0.6) is 0 Å². The van der Waals surface area contributed by atoms with Crippen molar-refractivity contribution in [3.05, 3.63) is 66.0 Å². The van der Waals surface area contributed by atoms with E-state index < -0.39 is 0 Å². The van der Waals surface area contributed by atoms with Gasteiger partial charge in [0, 0.05) is 0 Å². The first kappa shape index (κ1) is 15.8. The molecule has 0 spiro atoms. The molecule has 6 nitrogen and oxygen atoms in total. The molecule has 1 heterocycles. The highest BCUT2D eigenvalue weighted by Crippen LogP contribution is 2.21. The van der Waals surface area contributed by atoms with Crippen LogP contribution in [-0.4, -0.2) is 20.2 Å². The first-order chi connectivity index (χ1) is 11.8. The number of aryl methyl sites for hydroxylation is 1. The van der Waals surface area contributed by atoms with Crippen LogP contribution in [0.3, 0.4) is 0 Å². The third-order valence-corrected chi connectivity index (χ3v) is 3.84. The van der Waals surface area contributed by atoms with E-state index in [4.69, 9.17) is 11.0 Å². The SMILES string of the molecule is N#CCCn1nnnc1[C@@H](N)Cc1ccc(-c2ccccc2)cc1. The van der Waals surface area contributed by atoms with Crippen molar-refractivity contribution in [3.8, 4) is 17.2 Å². The zero-order chi connectivity index (χ0) is 16.8. The third kappa shape index (κ3) is 3.65. The Labute approximate surface area is 140 Å². The lowest BCUT2D eigenvalue weighted by Gasteiger charge is -2.11. The van der Waals surface area contributed by atoms with Gasteiger partial charge in [-0.25, -0.2) is 4.68 Å². The van der Waals surface area contributed by atoms with E-state index in [2.05, 4.69) is 58.0 Å². The van der Waals surface area contributed by atoms with Crippen LogP contribution in [0.4, 0.5) is 0 Å². The minimum absolute atomic E-state index is 0.304. The average Bonchev–Trinajstić information content (AvgIpc) is 3.10. The number of nitriles is 1. The van der Waals surface area contributed by atoms with Crippen molar-refractivity contribution in [3.63, 3.8) is 0 Å². The molecule has 1 aromatic heterocycles. The molecule has 1 atom stereocenters. The van der Waals surface area contributed by atoms with E-state index >= 15 is 0 Å². The van der Waals surface area contributed by atoms with Crippen LogP contribution >= 0.6 is 0 Å². The molecule has 3 rings (SSSR count). The molecule has 0 unspecified atom stereocenters. The number of rotatable bonds is 6. The summed E-state index contributed by atoms with van der Waals surface area (Å²) in [6.07, 6.45) is 0.999. The van der Waals surface area contributed by atoms with Crippen LogP contribution in [-0.2, 0) is 13.0 Å². The first-order valence-corrected chi connectivity index (χ1v) is 7.81. The minimum atomic E-state index is -0.304. The number of nitrogens with zero attached hydrogens (tertiary/aromatic N) is 5. The summed E-state index contributed by atoms with van der Waals surface area (Å²) in [4.78, 5) is 0. The maximum absolute atomic E-state index is 8.69. The quantitative estimate of drug-likeness (QED) is 0.753. The molecular formula is C18H18N6. The number of hydrogen-bond donors (Lipinski definition) is 1. The highest BCUT2D eigenvalue weighted by Gasteiger charge is 2.15. The van der Waals surface area contributed by atoms with E-state index in [0.717, 1.165) is 5.56 Å². The number of hydrogen-bond acceptors (Lipinski definition) is 5. The topological polar surface area (TPSA) is 93.4 Å². The molecule has 0 fully saturated rings. The second kappa shape index (κ2) is 7.49. The standard InChI is InChI=1S/C18H18N6/c19-11-4-12-24-18(21-22-23-24)17(20)13-14-7-9-16(10-8-14)15-5-2-1-3-6-15/h1-3,5-10,17H,4,12-13,20H2/t17-/m0/s1. The summed E-state index contributed by atoms with van der Waals surface area (Å²) in [6.45, 7) is 0.458. The molecule has 3 aromatic rings. The molecule has 2 aromatic carbocycles. The monoisotopic (exact) mass is 318 g/mol. The fourth-order valence-corrected chi connectivity index (χ4v) is 2.60. The van der Waals surface area contributed by atoms with Gasteiger partial charge in [-0.3, -0.25) is 0 Å². The summed E-state index contributed by atoms with van der Waals surface area (Å²) in [5.41, 5.74) is 9.73. The van der Waals surface area contributed by atoms with E-state index in [0.29, 0.717) is 25.2 Å². The van der Waals surface area contributed by atoms with Crippen molar-refractivity contribution in [1.82, 2.24) is 20.2 Å². The Bertz CT molecular complexity index is 817. The Balaban J connectivity index is 1.70. The molecule has 6 heteroatoms. The highest BCUT2D eigenvalue weighted by molar-refractivity contribution is 5.63. The maximum Gasteiger partial charge on any atom is 0.168 e. The van der Waals surface area contributed by atoms with Crippen LogP contribution in [0.25, 0.3) is 11.1 Å². The summed E-state index contributed by atoms with van der Waals surface area (Å²) in [5, 5.41) is 20.2. The number of nitrogens with two attached hydrogens (primary N) is 1. The lowest BCUT2D eigenvalue weighted by Crippen LogP contribution is -2.19. The average molecular weight is 318 g/mol. The molecule has 0 aliphatic heterocycles. The van der Waals surface area contributed by atoms with Gasteiger partial charge in [-0.15, -0.1) is 5.10 Å². The summed E-state index contributed by atoms with van der Waals surface area (Å²) < 4.78 is 1.60. The smallest absolute Gasteiger partial charge is 0.168 e. The van der Waals surface area contributed by atoms with E-state index in [9.17, 15) is 0 Å². The van der Waals surface area contributed by atoms with Gasteiger partial charge in [0.25, 0.3) is 0 Å². The van der Waals surface area contributed by atoms with Crippen molar-refractivity contribution in [2.75, 3.05) is 0 Å². The molecule has 0 saturated carbocycles. The Morgan fingerprint density at radius 1 is 1.04 bits per heavy atom. The van der Waals surface area contributed by atoms with Crippen LogP contribution < -0.4 is 5.73 Å². The number of benzene rings is 2. The van der Waals surface area contributed by atoms with E-state index in [1.807, 2.05) is 18.2 Å². The second-order valence-corrected chi connectivity index (χ2v) is 5.54. The van der Waals surface area contributed by atoms with E-state index in [-0.39, 0.29) is 6.04 Å². The predicted molar refractivity (Wildman–Crippen MR) is 90.6 cm³/mol. The summed E-state index contributed by atoms with van der Waals surface area (Å²) in [6, 6.07) is 20.4. The molecular weight excluding hydrogens is 300 g/mol. The van der Waals surface area contributed by atoms with Crippen LogP contribution in [0.2, 0.25) is 0 Å². The summed E-state index contributed by atoms with van der Waals surface area (Å²) >= 11 is 0. The van der Waals surface area contributed by atoms with Gasteiger partial charge < -0.3 is 5.73 Å². The highest BCUT2D eigenvalue weighted by atomic mass is 15.5. The van der Waals surface area contributed by atoms with Gasteiger partial charge in [0.05, 0.1) is 25.1 Å². The Hall–Kier alpha value is -3.04. The summed E-state index contributed by atoms with van der Waals surface area (Å²) in [5.74, 6) is 0.609. The zero-order valence-electron chi connectivity index (χ0n) is 13.2. The van der Waals surface area contributed by atoms with Gasteiger partial charge in [0.1, 0.15) is 0 Å². The fourth-order valence-electron chi connectivity index (χ4n) is 2.60. The molecule has 120 valence electrons. The van der Waals surface area contributed by atoms with Crippen molar-refractivity contribution in [1.29, 1.82) is 5.26 Å². The molecule has 0 aliphatic rings. The number of aromatic nitrogens is 4. The van der Waals surface area contributed by atoms with Crippen molar-refractivity contribution >= 4 is 0 Å². The molecule has 2 N–H and O–H groups in total. The number of tetrazole rings is 1. The van der Waals surface area contributed by atoms with E-state index in [1.165, 1.54) is 11.1 Å². The largest absolute Gasteiger partial charge is 0.321 e. The minimum Gasteiger partial charge on any atom is -0.321 e. The molecule has 24 heavy (non-hydrogen) atoms. The van der Waals surface area contributed by atoms with Gasteiger partial charge in [-0.05, 0) is 33.5 Å². The maximum atomic E-state index is 8.69. The zero-order valence-corrected chi connectivity index (χ0v) is 13.2. The Kier molecular flexibility index (Phi) is 4.94. The molecule has 0 aliphatic carbocycles. The normalized spacial score (nSPS) is 11.8. The fraction of sp³-hybridized carbons (Fsp3) is 0.222. The van der Waals surface area contributed by atoms with Gasteiger partial charge in [-0.1, -0.05) is 54.6 Å². The van der Waals surface area contributed by atoms with Crippen LogP contribution in [0, 0.1) is 11.3 Å².